The lowest BCUT2D eigenvalue weighted by Gasteiger charge is -2.18. The zero-order valence-electron chi connectivity index (χ0n) is 14.8. The molecule has 0 aliphatic rings. The summed E-state index contributed by atoms with van der Waals surface area (Å²) in [5.74, 6) is -0.436. The molecule has 3 N–H and O–H groups in total. The monoisotopic (exact) mass is 358 g/mol. The second kappa shape index (κ2) is 7.65. The van der Waals surface area contributed by atoms with E-state index in [1.54, 1.807) is 25.1 Å². The van der Waals surface area contributed by atoms with Crippen LogP contribution in [0.2, 0.25) is 0 Å². The standard InChI is InChI=1S/C18H22N4O2S/c1-11-9-14(19)21-17(20-11)25-10-15(23)22-16(24)12-5-7-13(8-6-12)18(2,3)4/h5-9H,10H2,1-4H3,(H2,19,20,21)(H,22,23,24). The number of rotatable bonds is 4. The Labute approximate surface area is 151 Å². The summed E-state index contributed by atoms with van der Waals surface area (Å²) < 4.78 is 0. The smallest absolute Gasteiger partial charge is 0.257 e. The average molecular weight is 358 g/mol. The summed E-state index contributed by atoms with van der Waals surface area (Å²) in [4.78, 5) is 32.3. The van der Waals surface area contributed by atoms with Crippen molar-refractivity contribution >= 4 is 29.4 Å². The second-order valence-electron chi connectivity index (χ2n) is 6.71. The molecule has 6 nitrogen and oxygen atoms in total. The molecule has 0 radical (unpaired) electrons. The van der Waals surface area contributed by atoms with Crippen LogP contribution in [0.15, 0.2) is 35.5 Å². The molecule has 2 aromatic rings. The number of aryl methyl sites for hydroxylation is 1. The number of nitrogens with zero attached hydrogens (tertiary/aromatic N) is 2. The summed E-state index contributed by atoms with van der Waals surface area (Å²) in [6, 6.07) is 8.89. The highest BCUT2D eigenvalue weighted by atomic mass is 32.2. The van der Waals surface area contributed by atoms with Gasteiger partial charge in [-0.3, -0.25) is 14.9 Å². The number of carbonyl (C=O) groups excluding carboxylic acids is 2. The summed E-state index contributed by atoms with van der Waals surface area (Å²) in [6.45, 7) is 8.10. The maximum atomic E-state index is 12.1. The lowest BCUT2D eigenvalue weighted by molar-refractivity contribution is -0.117. The Kier molecular flexibility index (Phi) is 5.79. The van der Waals surface area contributed by atoms with Crippen molar-refractivity contribution in [2.45, 2.75) is 38.3 Å². The molecular formula is C18H22N4O2S. The summed E-state index contributed by atoms with van der Waals surface area (Å²) in [6.07, 6.45) is 0. The van der Waals surface area contributed by atoms with E-state index < -0.39 is 11.8 Å². The number of hydrogen-bond acceptors (Lipinski definition) is 6. The molecule has 1 heterocycles. The highest BCUT2D eigenvalue weighted by Crippen LogP contribution is 2.22. The topological polar surface area (TPSA) is 98.0 Å². The van der Waals surface area contributed by atoms with E-state index in [9.17, 15) is 9.59 Å². The third-order valence-corrected chi connectivity index (χ3v) is 4.30. The van der Waals surface area contributed by atoms with Gasteiger partial charge >= 0.3 is 0 Å². The predicted octanol–water partition coefficient (Wildman–Crippen LogP) is 2.71. The number of nitrogens with two attached hydrogens (primary N) is 1. The van der Waals surface area contributed by atoms with Crippen molar-refractivity contribution in [3.63, 3.8) is 0 Å². The van der Waals surface area contributed by atoms with Crippen molar-refractivity contribution in [1.29, 1.82) is 0 Å². The van der Waals surface area contributed by atoms with E-state index in [0.29, 0.717) is 16.5 Å². The van der Waals surface area contributed by atoms with Crippen molar-refractivity contribution < 1.29 is 9.59 Å². The molecule has 25 heavy (non-hydrogen) atoms. The van der Waals surface area contributed by atoms with E-state index in [1.807, 2.05) is 12.1 Å². The maximum Gasteiger partial charge on any atom is 0.257 e. The van der Waals surface area contributed by atoms with E-state index in [-0.39, 0.29) is 11.2 Å². The summed E-state index contributed by atoms with van der Waals surface area (Å²) in [7, 11) is 0. The second-order valence-corrected chi connectivity index (χ2v) is 7.65. The molecule has 0 aliphatic heterocycles. The van der Waals surface area contributed by atoms with E-state index in [2.05, 4.69) is 36.1 Å². The number of anilines is 1. The Morgan fingerprint density at radius 1 is 1.16 bits per heavy atom. The molecule has 0 atom stereocenters. The molecule has 2 amide bonds. The van der Waals surface area contributed by atoms with Gasteiger partial charge in [-0.1, -0.05) is 44.7 Å². The molecule has 0 saturated heterocycles. The first-order valence-corrected chi connectivity index (χ1v) is 8.82. The van der Waals surface area contributed by atoms with Crippen LogP contribution in [0.25, 0.3) is 0 Å². The van der Waals surface area contributed by atoms with Crippen molar-refractivity contribution in [2.75, 3.05) is 11.5 Å². The number of thioether (sulfide) groups is 1. The molecule has 1 aromatic carbocycles. The van der Waals surface area contributed by atoms with Gasteiger partial charge in [0.25, 0.3) is 5.91 Å². The molecule has 0 bridgehead atoms. The molecule has 0 fully saturated rings. The van der Waals surface area contributed by atoms with Crippen LogP contribution in [0.5, 0.6) is 0 Å². The molecular weight excluding hydrogens is 336 g/mol. The van der Waals surface area contributed by atoms with Gasteiger partial charge in [-0.05, 0) is 30.0 Å². The Balaban J connectivity index is 1.92. The molecule has 2 rings (SSSR count). The van der Waals surface area contributed by atoms with Crippen LogP contribution in [0.3, 0.4) is 0 Å². The zero-order chi connectivity index (χ0) is 18.6. The third-order valence-electron chi connectivity index (χ3n) is 3.45. The Morgan fingerprint density at radius 2 is 1.80 bits per heavy atom. The van der Waals surface area contributed by atoms with Gasteiger partial charge in [0.05, 0.1) is 5.75 Å². The molecule has 7 heteroatoms. The van der Waals surface area contributed by atoms with Crippen LogP contribution in [0, 0.1) is 6.92 Å². The number of carbonyl (C=O) groups is 2. The first-order chi connectivity index (χ1) is 11.6. The number of imide groups is 1. The van der Waals surface area contributed by atoms with E-state index >= 15 is 0 Å². The van der Waals surface area contributed by atoms with Crippen molar-refractivity contribution in [3.8, 4) is 0 Å². The van der Waals surface area contributed by atoms with Crippen molar-refractivity contribution in [2.24, 2.45) is 0 Å². The quantitative estimate of drug-likeness (QED) is 0.644. The van der Waals surface area contributed by atoms with E-state index in [4.69, 9.17) is 5.73 Å². The van der Waals surface area contributed by atoms with E-state index in [0.717, 1.165) is 23.0 Å². The molecule has 132 valence electrons. The molecule has 0 unspecified atom stereocenters. The van der Waals surface area contributed by atoms with Crippen LogP contribution in [-0.4, -0.2) is 27.5 Å². The number of nitrogen functional groups attached to an aromatic ring is 1. The van der Waals surface area contributed by atoms with Gasteiger partial charge in [-0.25, -0.2) is 9.97 Å². The van der Waals surface area contributed by atoms with Gasteiger partial charge in [-0.2, -0.15) is 0 Å². The number of amides is 2. The van der Waals surface area contributed by atoms with Gasteiger partial charge in [0.2, 0.25) is 5.91 Å². The maximum absolute atomic E-state index is 12.1. The number of benzene rings is 1. The minimum atomic E-state index is -0.421. The fourth-order valence-corrected chi connectivity index (χ4v) is 2.83. The Hall–Kier alpha value is -2.41. The lowest BCUT2D eigenvalue weighted by atomic mass is 9.87. The third kappa shape index (κ3) is 5.56. The molecule has 0 saturated carbocycles. The van der Waals surface area contributed by atoms with Crippen LogP contribution < -0.4 is 11.1 Å². The number of nitrogens with one attached hydrogen (secondary N) is 1. The minimum Gasteiger partial charge on any atom is -0.384 e. The first kappa shape index (κ1) is 18.9. The fourth-order valence-electron chi connectivity index (χ4n) is 2.12. The molecule has 0 aliphatic carbocycles. The Morgan fingerprint density at radius 3 is 2.36 bits per heavy atom. The van der Waals surface area contributed by atoms with Crippen LogP contribution in [0.1, 0.15) is 42.4 Å². The number of aromatic nitrogens is 2. The summed E-state index contributed by atoms with van der Waals surface area (Å²) >= 11 is 1.13. The Bertz CT molecular complexity index is 762. The first-order valence-electron chi connectivity index (χ1n) is 7.84. The minimum absolute atomic E-state index is 0.0110. The van der Waals surface area contributed by atoms with Gasteiger partial charge < -0.3 is 5.73 Å². The normalized spacial score (nSPS) is 11.2. The highest BCUT2D eigenvalue weighted by molar-refractivity contribution is 7.99. The van der Waals surface area contributed by atoms with Crippen LogP contribution in [0.4, 0.5) is 5.82 Å². The SMILES string of the molecule is Cc1cc(N)nc(SCC(=O)NC(=O)c2ccc(C(C)(C)C)cc2)n1. The molecule has 1 aromatic heterocycles. The predicted molar refractivity (Wildman–Crippen MR) is 99.5 cm³/mol. The molecule has 0 spiro atoms. The van der Waals surface area contributed by atoms with Crippen molar-refractivity contribution in [3.05, 3.63) is 47.2 Å². The van der Waals surface area contributed by atoms with Gasteiger partial charge in [0.1, 0.15) is 5.82 Å². The van der Waals surface area contributed by atoms with Gasteiger partial charge in [0.15, 0.2) is 5.16 Å². The van der Waals surface area contributed by atoms with Crippen LogP contribution >= 0.6 is 11.8 Å². The van der Waals surface area contributed by atoms with Crippen LogP contribution in [-0.2, 0) is 10.2 Å². The van der Waals surface area contributed by atoms with E-state index in [1.165, 1.54) is 0 Å². The fraction of sp³-hybridized carbons (Fsp3) is 0.333. The summed E-state index contributed by atoms with van der Waals surface area (Å²) in [5, 5.41) is 2.78. The largest absolute Gasteiger partial charge is 0.384 e. The van der Waals surface area contributed by atoms with Gasteiger partial charge in [-0.15, -0.1) is 0 Å². The van der Waals surface area contributed by atoms with Gasteiger partial charge in [0, 0.05) is 17.3 Å². The highest BCUT2D eigenvalue weighted by Gasteiger charge is 2.15. The summed E-state index contributed by atoms with van der Waals surface area (Å²) in [5.41, 5.74) is 7.96. The average Bonchev–Trinajstić information content (AvgIpc) is 2.51. The zero-order valence-corrected chi connectivity index (χ0v) is 15.6. The lowest BCUT2D eigenvalue weighted by Crippen LogP contribution is -2.32. The number of hydrogen-bond donors (Lipinski definition) is 2. The van der Waals surface area contributed by atoms with Crippen molar-refractivity contribution in [1.82, 2.24) is 15.3 Å².